The van der Waals surface area contributed by atoms with Gasteiger partial charge in [-0.2, -0.15) is 0 Å². The third kappa shape index (κ3) is 2.80. The Morgan fingerprint density at radius 2 is 1.61 bits per heavy atom. The van der Waals surface area contributed by atoms with Gasteiger partial charge in [-0.25, -0.2) is 0 Å². The van der Waals surface area contributed by atoms with Gasteiger partial charge in [-0.15, -0.1) is 0 Å². The second-order valence-corrected chi connectivity index (χ2v) is 5.86. The van der Waals surface area contributed by atoms with Crippen LogP contribution in [0.15, 0.2) is 72.8 Å². The van der Waals surface area contributed by atoms with E-state index < -0.39 is 17.9 Å². The van der Waals surface area contributed by atoms with Gasteiger partial charge < -0.3 is 0 Å². The summed E-state index contributed by atoms with van der Waals surface area (Å²) < 4.78 is 0. The van der Waals surface area contributed by atoms with Gasteiger partial charge in [0.1, 0.15) is 0 Å². The second-order valence-electron chi connectivity index (χ2n) is 5.86. The van der Waals surface area contributed by atoms with Crippen LogP contribution in [-0.2, 0) is 0 Å². The lowest BCUT2D eigenvalue weighted by molar-refractivity contribution is -0.523. The quantitative estimate of drug-likeness (QED) is 0.373. The van der Waals surface area contributed by atoms with Gasteiger partial charge in [0, 0.05) is 16.9 Å². The lowest BCUT2D eigenvalue weighted by Gasteiger charge is -2.20. The number of benzene rings is 2. The summed E-state index contributed by atoms with van der Waals surface area (Å²) in [5.74, 6) is -1.10. The molecule has 0 radical (unpaired) electrons. The Balaban J connectivity index is 2.04. The third-order valence-electron chi connectivity index (χ3n) is 4.48. The van der Waals surface area contributed by atoms with Crippen molar-refractivity contribution in [2.24, 2.45) is 5.92 Å². The van der Waals surface area contributed by atoms with E-state index in [0.717, 1.165) is 5.56 Å². The maximum absolute atomic E-state index is 12.9. The molecule has 0 N–H and O–H groups in total. The number of rotatable bonds is 4. The fraction of sp³-hybridized carbons (Fsp3) is 0.211. The topological polar surface area (TPSA) is 60.2 Å². The van der Waals surface area contributed by atoms with Crippen LogP contribution in [0.5, 0.6) is 0 Å². The number of hydrogen-bond donors (Lipinski definition) is 0. The van der Waals surface area contributed by atoms with Crippen LogP contribution in [0.25, 0.3) is 0 Å². The van der Waals surface area contributed by atoms with Gasteiger partial charge in [0.15, 0.2) is 5.78 Å². The molecule has 0 saturated heterocycles. The SMILES string of the molecule is C=C1C[C@H]([N+](=O)[O-])[C@@H](c2ccccc2)[C@@H]1C(=O)c1ccccc1. The van der Waals surface area contributed by atoms with Gasteiger partial charge in [-0.3, -0.25) is 14.9 Å². The van der Waals surface area contributed by atoms with Gasteiger partial charge >= 0.3 is 0 Å². The number of carbonyl (C=O) groups excluding carboxylic acids is 1. The van der Waals surface area contributed by atoms with E-state index in [1.807, 2.05) is 36.4 Å². The molecule has 0 spiro atoms. The van der Waals surface area contributed by atoms with Crippen LogP contribution in [0, 0.1) is 16.0 Å². The molecular formula is C19H17NO3. The monoisotopic (exact) mass is 307 g/mol. The lowest BCUT2D eigenvalue weighted by atomic mass is 9.81. The van der Waals surface area contributed by atoms with E-state index >= 15 is 0 Å². The zero-order valence-electron chi connectivity index (χ0n) is 12.6. The molecule has 3 rings (SSSR count). The van der Waals surface area contributed by atoms with Crippen molar-refractivity contribution in [1.29, 1.82) is 0 Å². The number of nitro groups is 1. The summed E-state index contributed by atoms with van der Waals surface area (Å²) >= 11 is 0. The summed E-state index contributed by atoms with van der Waals surface area (Å²) in [7, 11) is 0. The summed E-state index contributed by atoms with van der Waals surface area (Å²) in [5, 5.41) is 11.5. The Hall–Kier alpha value is -2.75. The first-order chi connectivity index (χ1) is 11.1. The van der Waals surface area contributed by atoms with Crippen molar-refractivity contribution in [3.8, 4) is 0 Å². The average Bonchev–Trinajstić information content (AvgIpc) is 2.93. The highest BCUT2D eigenvalue weighted by Gasteiger charge is 2.49. The Bertz CT molecular complexity index is 740. The van der Waals surface area contributed by atoms with E-state index in [9.17, 15) is 14.9 Å². The molecule has 2 aromatic carbocycles. The minimum atomic E-state index is -0.803. The number of hydrogen-bond acceptors (Lipinski definition) is 3. The first-order valence-electron chi connectivity index (χ1n) is 7.55. The standard InChI is InChI=1S/C19H17NO3/c1-13-12-16(20(22)23)18(14-8-4-2-5-9-14)17(13)19(21)15-10-6-3-7-11-15/h2-11,16-18H,1,12H2/t16-,17+,18+/m0/s1. The minimum absolute atomic E-state index is 0.0891. The Kier molecular flexibility index (Phi) is 4.06. The maximum Gasteiger partial charge on any atom is 0.224 e. The van der Waals surface area contributed by atoms with Crippen molar-refractivity contribution in [2.75, 3.05) is 0 Å². The molecule has 0 bridgehead atoms. The molecule has 0 amide bonds. The summed E-state index contributed by atoms with van der Waals surface area (Å²) in [6.45, 7) is 3.97. The van der Waals surface area contributed by atoms with Gasteiger partial charge in [0.25, 0.3) is 0 Å². The number of nitrogens with zero attached hydrogens (tertiary/aromatic N) is 1. The molecule has 0 aromatic heterocycles. The highest BCUT2D eigenvalue weighted by Crippen LogP contribution is 2.45. The molecule has 23 heavy (non-hydrogen) atoms. The van der Waals surface area contributed by atoms with Gasteiger partial charge in [0.05, 0.1) is 11.8 Å². The van der Waals surface area contributed by atoms with Crippen molar-refractivity contribution in [3.05, 3.63) is 94.1 Å². The van der Waals surface area contributed by atoms with Crippen LogP contribution in [-0.4, -0.2) is 16.7 Å². The lowest BCUT2D eigenvalue weighted by Crippen LogP contribution is -2.28. The van der Waals surface area contributed by atoms with E-state index in [2.05, 4.69) is 6.58 Å². The summed E-state index contributed by atoms with van der Waals surface area (Å²) in [6.07, 6.45) is 0.246. The molecule has 4 heteroatoms. The molecule has 0 heterocycles. The average molecular weight is 307 g/mol. The van der Waals surface area contributed by atoms with Crippen LogP contribution < -0.4 is 0 Å². The highest BCUT2D eigenvalue weighted by molar-refractivity contribution is 6.00. The molecule has 116 valence electrons. The predicted molar refractivity (Wildman–Crippen MR) is 88.0 cm³/mol. The molecule has 2 aromatic rings. The normalized spacial score (nSPS) is 23.7. The minimum Gasteiger partial charge on any atom is -0.293 e. The van der Waals surface area contributed by atoms with E-state index in [4.69, 9.17) is 0 Å². The van der Waals surface area contributed by atoms with Crippen LogP contribution in [0.1, 0.15) is 28.3 Å². The van der Waals surface area contributed by atoms with Gasteiger partial charge in [-0.05, 0) is 5.56 Å². The van der Waals surface area contributed by atoms with Crippen molar-refractivity contribution >= 4 is 5.78 Å². The highest BCUT2D eigenvalue weighted by atomic mass is 16.6. The Morgan fingerprint density at radius 3 is 2.17 bits per heavy atom. The first kappa shape index (κ1) is 15.2. The molecule has 1 aliphatic rings. The molecular weight excluding hydrogens is 290 g/mol. The molecule has 0 aliphatic heterocycles. The molecule has 1 fully saturated rings. The van der Waals surface area contributed by atoms with Crippen LogP contribution in [0.4, 0.5) is 0 Å². The molecule has 3 atom stereocenters. The van der Waals surface area contributed by atoms with Crippen LogP contribution in [0.3, 0.4) is 0 Å². The zero-order valence-corrected chi connectivity index (χ0v) is 12.6. The first-order valence-corrected chi connectivity index (χ1v) is 7.55. The van der Waals surface area contributed by atoms with Crippen LogP contribution in [0.2, 0.25) is 0 Å². The summed E-state index contributed by atoms with van der Waals surface area (Å²) in [4.78, 5) is 24.1. The van der Waals surface area contributed by atoms with E-state index in [1.54, 1.807) is 24.3 Å². The van der Waals surface area contributed by atoms with Crippen molar-refractivity contribution < 1.29 is 9.72 Å². The predicted octanol–water partition coefficient (Wildman–Crippen LogP) is 3.87. The second kappa shape index (κ2) is 6.16. The number of ketones is 1. The van der Waals surface area contributed by atoms with Gasteiger partial charge in [0.2, 0.25) is 6.04 Å². The fourth-order valence-corrected chi connectivity index (χ4v) is 3.42. The molecule has 1 saturated carbocycles. The van der Waals surface area contributed by atoms with E-state index in [-0.39, 0.29) is 17.1 Å². The number of Topliss-reactive ketones (excluding diaryl/α,β-unsaturated/α-hetero) is 1. The third-order valence-corrected chi connectivity index (χ3v) is 4.48. The molecule has 1 aliphatic carbocycles. The van der Waals surface area contributed by atoms with Crippen molar-refractivity contribution in [3.63, 3.8) is 0 Å². The van der Waals surface area contributed by atoms with Crippen LogP contribution >= 0.6 is 0 Å². The fourth-order valence-electron chi connectivity index (χ4n) is 3.42. The van der Waals surface area contributed by atoms with Crippen molar-refractivity contribution in [1.82, 2.24) is 0 Å². The van der Waals surface area contributed by atoms with Crippen molar-refractivity contribution in [2.45, 2.75) is 18.4 Å². The smallest absolute Gasteiger partial charge is 0.224 e. The Morgan fingerprint density at radius 1 is 1.04 bits per heavy atom. The zero-order chi connectivity index (χ0) is 16.4. The molecule has 4 nitrogen and oxygen atoms in total. The molecule has 0 unspecified atom stereocenters. The van der Waals surface area contributed by atoms with E-state index in [1.165, 1.54) is 0 Å². The summed E-state index contributed by atoms with van der Waals surface area (Å²) in [5.41, 5.74) is 2.04. The largest absolute Gasteiger partial charge is 0.293 e. The number of carbonyl (C=O) groups is 1. The summed E-state index contributed by atoms with van der Waals surface area (Å²) in [6, 6.07) is 17.4. The van der Waals surface area contributed by atoms with Gasteiger partial charge in [-0.1, -0.05) is 72.8 Å². The maximum atomic E-state index is 12.9. The Labute approximate surface area is 134 Å². The van der Waals surface area contributed by atoms with E-state index in [0.29, 0.717) is 11.1 Å².